The van der Waals surface area contributed by atoms with Gasteiger partial charge in [0.25, 0.3) is 0 Å². The molecule has 0 saturated carbocycles. The van der Waals surface area contributed by atoms with Crippen molar-refractivity contribution in [1.82, 2.24) is 0 Å². The number of hydrogen-bond donors (Lipinski definition) is 0. The molecule has 0 fully saturated rings. The standard InChI is InChI=1S/C11H17BrO2/c1-8-4-5-9(6-10(8)13)11(2,7-12)14-3/h4,9H,5-7H2,1-3H3/t9-,11-/m1/s1. The molecule has 0 amide bonds. The molecule has 0 aromatic carbocycles. The molecule has 0 aromatic heterocycles. The number of rotatable bonds is 3. The molecule has 0 heterocycles. The molecule has 0 saturated heterocycles. The van der Waals surface area contributed by atoms with E-state index in [0.29, 0.717) is 12.3 Å². The van der Waals surface area contributed by atoms with Crippen molar-refractivity contribution in [2.24, 2.45) is 5.92 Å². The van der Waals surface area contributed by atoms with Crippen molar-refractivity contribution in [1.29, 1.82) is 0 Å². The molecular weight excluding hydrogens is 244 g/mol. The van der Waals surface area contributed by atoms with Gasteiger partial charge < -0.3 is 4.74 Å². The van der Waals surface area contributed by atoms with Gasteiger partial charge in [-0.1, -0.05) is 22.0 Å². The van der Waals surface area contributed by atoms with Crippen molar-refractivity contribution in [2.45, 2.75) is 32.3 Å². The molecule has 0 N–H and O–H groups in total. The van der Waals surface area contributed by atoms with Crippen LogP contribution in [0.5, 0.6) is 0 Å². The molecule has 3 heteroatoms. The Bertz CT molecular complexity index is 254. The molecule has 0 spiro atoms. The number of methoxy groups -OCH3 is 1. The van der Waals surface area contributed by atoms with Gasteiger partial charge in [0.15, 0.2) is 5.78 Å². The van der Waals surface area contributed by atoms with Gasteiger partial charge in [0.2, 0.25) is 0 Å². The van der Waals surface area contributed by atoms with Crippen LogP contribution in [0, 0.1) is 5.92 Å². The van der Waals surface area contributed by atoms with E-state index in [-0.39, 0.29) is 11.4 Å². The molecule has 1 rings (SSSR count). The molecule has 0 unspecified atom stereocenters. The summed E-state index contributed by atoms with van der Waals surface area (Å²) in [5.74, 6) is 0.550. The minimum Gasteiger partial charge on any atom is -0.377 e. The summed E-state index contributed by atoms with van der Waals surface area (Å²) in [5, 5.41) is 0.765. The van der Waals surface area contributed by atoms with Gasteiger partial charge in [-0.25, -0.2) is 0 Å². The molecule has 2 nitrogen and oxygen atoms in total. The third-order valence-corrected chi connectivity index (χ3v) is 4.29. The molecule has 0 aliphatic heterocycles. The van der Waals surface area contributed by atoms with E-state index in [4.69, 9.17) is 4.74 Å². The average Bonchev–Trinajstić information content (AvgIpc) is 2.21. The van der Waals surface area contributed by atoms with Crippen molar-refractivity contribution in [3.63, 3.8) is 0 Å². The first-order valence-electron chi connectivity index (χ1n) is 4.84. The first-order valence-corrected chi connectivity index (χ1v) is 5.96. The van der Waals surface area contributed by atoms with Crippen molar-refractivity contribution >= 4 is 21.7 Å². The van der Waals surface area contributed by atoms with Gasteiger partial charge in [0.05, 0.1) is 5.60 Å². The van der Waals surface area contributed by atoms with Crippen LogP contribution in [-0.2, 0) is 9.53 Å². The summed E-state index contributed by atoms with van der Waals surface area (Å²) >= 11 is 3.45. The lowest BCUT2D eigenvalue weighted by Crippen LogP contribution is -2.40. The van der Waals surface area contributed by atoms with Crippen molar-refractivity contribution in [3.8, 4) is 0 Å². The maximum Gasteiger partial charge on any atom is 0.158 e. The molecule has 0 bridgehead atoms. The van der Waals surface area contributed by atoms with Gasteiger partial charge in [-0.3, -0.25) is 4.79 Å². The molecule has 14 heavy (non-hydrogen) atoms. The van der Waals surface area contributed by atoms with Crippen LogP contribution in [0.4, 0.5) is 0 Å². The predicted molar refractivity (Wildman–Crippen MR) is 60.7 cm³/mol. The molecule has 1 aliphatic carbocycles. The van der Waals surface area contributed by atoms with Crippen LogP contribution in [0.15, 0.2) is 11.6 Å². The second kappa shape index (κ2) is 4.58. The number of hydrogen-bond acceptors (Lipinski definition) is 2. The van der Waals surface area contributed by atoms with Crippen LogP contribution in [0.3, 0.4) is 0 Å². The summed E-state index contributed by atoms with van der Waals surface area (Å²) in [7, 11) is 1.71. The van der Waals surface area contributed by atoms with E-state index in [9.17, 15) is 4.79 Å². The van der Waals surface area contributed by atoms with E-state index < -0.39 is 0 Å². The van der Waals surface area contributed by atoms with Gasteiger partial charge in [0, 0.05) is 18.9 Å². The zero-order valence-corrected chi connectivity index (χ0v) is 10.6. The topological polar surface area (TPSA) is 26.3 Å². The fourth-order valence-electron chi connectivity index (χ4n) is 1.70. The van der Waals surface area contributed by atoms with Crippen LogP contribution in [0.1, 0.15) is 26.7 Å². The minimum atomic E-state index is -0.229. The maximum atomic E-state index is 11.5. The van der Waals surface area contributed by atoms with Crippen LogP contribution in [0.2, 0.25) is 0 Å². The quantitative estimate of drug-likeness (QED) is 0.730. The number of halogens is 1. The normalized spacial score (nSPS) is 27.0. The summed E-state index contributed by atoms with van der Waals surface area (Å²) < 4.78 is 5.48. The van der Waals surface area contributed by atoms with Crippen LogP contribution in [0.25, 0.3) is 0 Å². The fourth-order valence-corrected chi connectivity index (χ4v) is 2.38. The lowest BCUT2D eigenvalue weighted by molar-refractivity contribution is -0.120. The summed E-state index contributed by atoms with van der Waals surface area (Å²) in [4.78, 5) is 11.5. The molecule has 80 valence electrons. The Kier molecular flexibility index (Phi) is 3.90. The van der Waals surface area contributed by atoms with Gasteiger partial charge in [0.1, 0.15) is 0 Å². The van der Waals surface area contributed by atoms with E-state index in [0.717, 1.165) is 17.3 Å². The number of carbonyl (C=O) groups excluding carboxylic acids is 1. The summed E-state index contributed by atoms with van der Waals surface area (Å²) in [6, 6.07) is 0. The number of alkyl halides is 1. The number of Topliss-reactive ketones (excluding diaryl/α,β-unsaturated/α-hetero) is 1. The zero-order chi connectivity index (χ0) is 10.8. The monoisotopic (exact) mass is 260 g/mol. The van der Waals surface area contributed by atoms with E-state index in [1.54, 1.807) is 7.11 Å². The Morgan fingerprint density at radius 2 is 2.36 bits per heavy atom. The highest BCUT2D eigenvalue weighted by atomic mass is 79.9. The summed E-state index contributed by atoms with van der Waals surface area (Å²) in [6.07, 6.45) is 3.57. The molecule has 1 aliphatic rings. The van der Waals surface area contributed by atoms with Crippen LogP contribution in [-0.4, -0.2) is 23.8 Å². The lowest BCUT2D eigenvalue weighted by Gasteiger charge is -2.36. The van der Waals surface area contributed by atoms with Gasteiger partial charge in [-0.15, -0.1) is 0 Å². The van der Waals surface area contributed by atoms with E-state index >= 15 is 0 Å². The summed E-state index contributed by atoms with van der Waals surface area (Å²) in [5.41, 5.74) is 0.668. The third-order valence-electron chi connectivity index (χ3n) is 3.18. The van der Waals surface area contributed by atoms with Gasteiger partial charge in [-0.2, -0.15) is 0 Å². The Balaban J connectivity index is 2.77. The van der Waals surface area contributed by atoms with Crippen molar-refractivity contribution in [3.05, 3.63) is 11.6 Å². The van der Waals surface area contributed by atoms with E-state index in [2.05, 4.69) is 15.9 Å². The maximum absolute atomic E-state index is 11.5. The third kappa shape index (κ3) is 2.26. The van der Waals surface area contributed by atoms with Gasteiger partial charge >= 0.3 is 0 Å². The number of allylic oxidation sites excluding steroid dienone is 2. The van der Waals surface area contributed by atoms with Crippen LogP contribution < -0.4 is 0 Å². The molecular formula is C11H17BrO2. The predicted octanol–water partition coefficient (Wildman–Crippen LogP) is 2.71. The Morgan fingerprint density at radius 1 is 1.71 bits per heavy atom. The minimum absolute atomic E-state index is 0.229. The van der Waals surface area contributed by atoms with Crippen molar-refractivity contribution in [2.75, 3.05) is 12.4 Å². The Hall–Kier alpha value is -0.150. The first kappa shape index (κ1) is 11.9. The van der Waals surface area contributed by atoms with Gasteiger partial charge in [-0.05, 0) is 31.8 Å². The molecule has 2 atom stereocenters. The number of carbonyl (C=O) groups is 1. The largest absolute Gasteiger partial charge is 0.377 e. The lowest BCUT2D eigenvalue weighted by atomic mass is 9.79. The second-order valence-electron chi connectivity index (χ2n) is 4.10. The van der Waals surface area contributed by atoms with E-state index in [1.807, 2.05) is 19.9 Å². The van der Waals surface area contributed by atoms with E-state index in [1.165, 1.54) is 0 Å². The number of ketones is 1. The molecule has 0 aromatic rings. The fraction of sp³-hybridized carbons (Fsp3) is 0.727. The highest BCUT2D eigenvalue weighted by Gasteiger charge is 2.36. The SMILES string of the molecule is CO[C@](C)(CBr)[C@@H]1CC=C(C)C(=O)C1. The molecule has 0 radical (unpaired) electrons. The summed E-state index contributed by atoms with van der Waals surface area (Å²) in [6.45, 7) is 3.94. The number of ether oxygens (including phenoxy) is 1. The average molecular weight is 261 g/mol. The van der Waals surface area contributed by atoms with Crippen LogP contribution >= 0.6 is 15.9 Å². The highest BCUT2D eigenvalue weighted by Crippen LogP contribution is 2.33. The Morgan fingerprint density at radius 3 is 2.79 bits per heavy atom. The Labute approximate surface area is 93.8 Å². The zero-order valence-electron chi connectivity index (χ0n) is 8.97. The van der Waals surface area contributed by atoms with Crippen molar-refractivity contribution < 1.29 is 9.53 Å². The smallest absolute Gasteiger partial charge is 0.158 e. The highest BCUT2D eigenvalue weighted by molar-refractivity contribution is 9.09. The first-order chi connectivity index (χ1) is 6.53. The second-order valence-corrected chi connectivity index (χ2v) is 4.66.